The molecule has 0 saturated carbocycles. The van der Waals surface area contributed by atoms with Crippen molar-refractivity contribution in [3.05, 3.63) is 53.2 Å². The molecule has 0 radical (unpaired) electrons. The zero-order chi connectivity index (χ0) is 16.1. The molecule has 3 aromatic rings. The fraction of sp³-hybridized carbons (Fsp3) is 0.188. The average Bonchev–Trinajstić information content (AvgIpc) is 3.26. The fourth-order valence-electron chi connectivity index (χ4n) is 2.01. The largest absolute Gasteiger partial charge is 0.497 e. The van der Waals surface area contributed by atoms with Crippen LogP contribution in [0.25, 0.3) is 10.7 Å². The quantitative estimate of drug-likeness (QED) is 0.752. The van der Waals surface area contributed by atoms with Crippen molar-refractivity contribution in [1.29, 1.82) is 0 Å². The minimum atomic E-state index is -0.367. The Kier molecular flexibility index (Phi) is 4.68. The summed E-state index contributed by atoms with van der Waals surface area (Å²) < 4.78 is 10.1. The van der Waals surface area contributed by atoms with E-state index in [1.807, 2.05) is 41.8 Å². The molecule has 0 saturated heterocycles. The Labute approximate surface area is 137 Å². The highest BCUT2D eigenvalue weighted by Crippen LogP contribution is 2.21. The highest BCUT2D eigenvalue weighted by molar-refractivity contribution is 7.13. The summed E-state index contributed by atoms with van der Waals surface area (Å²) in [5, 5.41) is 8.50. The SMILES string of the molecule is COc1ccc(CCNC(=O)c2nc(-c3cccs3)no2)cc1. The number of benzene rings is 1. The van der Waals surface area contributed by atoms with Gasteiger partial charge in [-0.3, -0.25) is 4.79 Å². The molecule has 0 atom stereocenters. The number of carbonyl (C=O) groups excluding carboxylic acids is 1. The van der Waals surface area contributed by atoms with Crippen LogP contribution in [0, 0.1) is 0 Å². The van der Waals surface area contributed by atoms with Crippen LogP contribution in [0.2, 0.25) is 0 Å². The predicted octanol–water partition coefficient (Wildman–Crippen LogP) is 2.78. The van der Waals surface area contributed by atoms with E-state index in [0.29, 0.717) is 18.8 Å². The normalized spacial score (nSPS) is 10.5. The van der Waals surface area contributed by atoms with Gasteiger partial charge in [0.15, 0.2) is 0 Å². The summed E-state index contributed by atoms with van der Waals surface area (Å²) in [7, 11) is 1.63. The van der Waals surface area contributed by atoms with Crippen LogP contribution in [0.1, 0.15) is 16.2 Å². The van der Waals surface area contributed by atoms with Gasteiger partial charge in [-0.05, 0) is 35.6 Å². The van der Waals surface area contributed by atoms with Crippen LogP contribution in [-0.2, 0) is 6.42 Å². The monoisotopic (exact) mass is 329 g/mol. The van der Waals surface area contributed by atoms with Crippen molar-refractivity contribution in [3.63, 3.8) is 0 Å². The first-order chi connectivity index (χ1) is 11.3. The van der Waals surface area contributed by atoms with Gasteiger partial charge in [-0.25, -0.2) is 0 Å². The molecule has 1 amide bonds. The van der Waals surface area contributed by atoms with Crippen molar-refractivity contribution < 1.29 is 14.1 Å². The number of hydrogen-bond donors (Lipinski definition) is 1. The highest BCUT2D eigenvalue weighted by atomic mass is 32.1. The minimum absolute atomic E-state index is 0.0249. The summed E-state index contributed by atoms with van der Waals surface area (Å²) >= 11 is 1.49. The number of methoxy groups -OCH3 is 1. The van der Waals surface area contributed by atoms with Gasteiger partial charge >= 0.3 is 11.8 Å². The van der Waals surface area contributed by atoms with Gasteiger partial charge in [0.1, 0.15) is 5.75 Å². The molecule has 3 rings (SSSR count). The molecule has 0 unspecified atom stereocenters. The number of rotatable bonds is 6. The maximum absolute atomic E-state index is 12.0. The molecule has 1 aromatic carbocycles. The predicted molar refractivity (Wildman–Crippen MR) is 86.6 cm³/mol. The molecule has 7 heteroatoms. The summed E-state index contributed by atoms with van der Waals surface area (Å²) in [4.78, 5) is 17.0. The van der Waals surface area contributed by atoms with Crippen LogP contribution in [0.4, 0.5) is 0 Å². The van der Waals surface area contributed by atoms with E-state index in [-0.39, 0.29) is 11.8 Å². The van der Waals surface area contributed by atoms with Crippen molar-refractivity contribution in [2.45, 2.75) is 6.42 Å². The van der Waals surface area contributed by atoms with Gasteiger partial charge in [-0.2, -0.15) is 4.98 Å². The lowest BCUT2D eigenvalue weighted by Crippen LogP contribution is -2.25. The summed E-state index contributed by atoms with van der Waals surface area (Å²) in [6.45, 7) is 0.488. The van der Waals surface area contributed by atoms with E-state index in [1.165, 1.54) is 11.3 Å². The fourth-order valence-corrected chi connectivity index (χ4v) is 2.66. The molecule has 1 N–H and O–H groups in total. The molecule has 0 bridgehead atoms. The highest BCUT2D eigenvalue weighted by Gasteiger charge is 2.16. The Morgan fingerprint density at radius 1 is 1.30 bits per heavy atom. The lowest BCUT2D eigenvalue weighted by atomic mass is 10.1. The lowest BCUT2D eigenvalue weighted by molar-refractivity contribution is 0.0910. The van der Waals surface area contributed by atoms with Gasteiger partial charge < -0.3 is 14.6 Å². The lowest BCUT2D eigenvalue weighted by Gasteiger charge is -2.04. The van der Waals surface area contributed by atoms with E-state index in [1.54, 1.807) is 7.11 Å². The number of aromatic nitrogens is 2. The van der Waals surface area contributed by atoms with Gasteiger partial charge in [0.25, 0.3) is 0 Å². The van der Waals surface area contributed by atoms with Crippen molar-refractivity contribution in [2.24, 2.45) is 0 Å². The molecule has 0 fully saturated rings. The molecule has 2 aromatic heterocycles. The van der Waals surface area contributed by atoms with E-state index in [4.69, 9.17) is 9.26 Å². The molecule has 0 aliphatic rings. The molecule has 0 aliphatic carbocycles. The summed E-state index contributed by atoms with van der Waals surface area (Å²) in [6, 6.07) is 11.5. The van der Waals surface area contributed by atoms with Crippen molar-refractivity contribution >= 4 is 17.2 Å². The maximum atomic E-state index is 12.0. The Morgan fingerprint density at radius 2 is 2.13 bits per heavy atom. The number of carbonyl (C=O) groups is 1. The number of ether oxygens (including phenoxy) is 1. The first-order valence-corrected chi connectivity index (χ1v) is 7.93. The molecule has 2 heterocycles. The summed E-state index contributed by atoms with van der Waals surface area (Å²) in [5.41, 5.74) is 1.11. The van der Waals surface area contributed by atoms with Crippen LogP contribution in [-0.4, -0.2) is 29.7 Å². The Bertz CT molecular complexity index is 766. The standard InChI is InChI=1S/C16H15N3O3S/c1-21-12-6-4-11(5-7-12)8-9-17-15(20)16-18-14(19-22-16)13-3-2-10-23-13/h2-7,10H,8-9H2,1H3,(H,17,20). The zero-order valence-electron chi connectivity index (χ0n) is 12.5. The smallest absolute Gasteiger partial charge is 0.316 e. The Balaban J connectivity index is 1.53. The number of amides is 1. The molecule has 0 spiro atoms. The number of nitrogens with zero attached hydrogens (tertiary/aromatic N) is 2. The van der Waals surface area contributed by atoms with Gasteiger partial charge in [-0.1, -0.05) is 23.4 Å². The van der Waals surface area contributed by atoms with Crippen LogP contribution in [0.15, 0.2) is 46.3 Å². The van der Waals surface area contributed by atoms with Gasteiger partial charge in [0.05, 0.1) is 12.0 Å². The van der Waals surface area contributed by atoms with E-state index in [2.05, 4.69) is 15.5 Å². The van der Waals surface area contributed by atoms with Crippen LogP contribution < -0.4 is 10.1 Å². The number of hydrogen-bond acceptors (Lipinski definition) is 6. The van der Waals surface area contributed by atoms with E-state index >= 15 is 0 Å². The zero-order valence-corrected chi connectivity index (χ0v) is 13.3. The first kappa shape index (κ1) is 15.2. The maximum Gasteiger partial charge on any atom is 0.316 e. The van der Waals surface area contributed by atoms with Crippen molar-refractivity contribution in [3.8, 4) is 16.5 Å². The number of thiophene rings is 1. The van der Waals surface area contributed by atoms with Crippen LogP contribution >= 0.6 is 11.3 Å². The van der Waals surface area contributed by atoms with Gasteiger partial charge in [0, 0.05) is 6.54 Å². The molecular weight excluding hydrogens is 314 g/mol. The molecule has 6 nitrogen and oxygen atoms in total. The van der Waals surface area contributed by atoms with Crippen molar-refractivity contribution in [2.75, 3.05) is 13.7 Å². The molecular formula is C16H15N3O3S. The Hall–Kier alpha value is -2.67. The third kappa shape index (κ3) is 3.75. The second-order valence-corrected chi connectivity index (χ2v) is 5.70. The van der Waals surface area contributed by atoms with Crippen LogP contribution in [0.3, 0.4) is 0 Å². The minimum Gasteiger partial charge on any atom is -0.497 e. The molecule has 23 heavy (non-hydrogen) atoms. The van der Waals surface area contributed by atoms with E-state index in [0.717, 1.165) is 16.2 Å². The molecule has 0 aliphatic heterocycles. The Morgan fingerprint density at radius 3 is 2.83 bits per heavy atom. The van der Waals surface area contributed by atoms with E-state index < -0.39 is 0 Å². The van der Waals surface area contributed by atoms with Gasteiger partial charge in [0.2, 0.25) is 5.82 Å². The number of nitrogens with one attached hydrogen (secondary N) is 1. The summed E-state index contributed by atoms with van der Waals surface area (Å²) in [5.74, 6) is 0.849. The second kappa shape index (κ2) is 7.06. The topological polar surface area (TPSA) is 77.2 Å². The van der Waals surface area contributed by atoms with Crippen molar-refractivity contribution in [1.82, 2.24) is 15.5 Å². The average molecular weight is 329 g/mol. The van der Waals surface area contributed by atoms with E-state index in [9.17, 15) is 4.79 Å². The summed E-state index contributed by atoms with van der Waals surface area (Å²) in [6.07, 6.45) is 0.710. The van der Waals surface area contributed by atoms with Gasteiger partial charge in [-0.15, -0.1) is 11.3 Å². The second-order valence-electron chi connectivity index (χ2n) is 4.75. The first-order valence-electron chi connectivity index (χ1n) is 7.05. The third-order valence-electron chi connectivity index (χ3n) is 3.22. The molecule has 118 valence electrons. The van der Waals surface area contributed by atoms with Crippen LogP contribution in [0.5, 0.6) is 5.75 Å². The third-order valence-corrected chi connectivity index (χ3v) is 4.09.